The summed E-state index contributed by atoms with van der Waals surface area (Å²) in [7, 11) is 0. The molecule has 10 heteroatoms. The van der Waals surface area contributed by atoms with E-state index >= 15 is 0 Å². The molecule has 0 aliphatic carbocycles. The molecule has 1 aromatic carbocycles. The average Bonchev–Trinajstić information content (AvgIpc) is 2.77. The molecule has 0 bridgehead atoms. The van der Waals surface area contributed by atoms with Gasteiger partial charge >= 0.3 is 12.1 Å². The van der Waals surface area contributed by atoms with Crippen molar-refractivity contribution < 1.29 is 27.5 Å². The lowest BCUT2D eigenvalue weighted by molar-refractivity contribution is -0.144. The molecule has 1 aromatic heterocycles. The second-order valence-electron chi connectivity index (χ2n) is 3.98. The number of aromatic nitrogens is 3. The van der Waals surface area contributed by atoms with Crippen LogP contribution in [0.2, 0.25) is 0 Å². The Morgan fingerprint density at radius 3 is 2.62 bits per heavy atom. The van der Waals surface area contributed by atoms with Crippen LogP contribution >= 0.6 is 15.9 Å². The van der Waals surface area contributed by atoms with E-state index in [-0.39, 0.29) is 5.56 Å². The van der Waals surface area contributed by atoms with Crippen LogP contribution in [0.1, 0.15) is 21.7 Å². The highest BCUT2D eigenvalue weighted by molar-refractivity contribution is 9.10. The third-order valence-corrected chi connectivity index (χ3v) is 3.03. The van der Waals surface area contributed by atoms with Gasteiger partial charge in [0, 0.05) is 10.0 Å². The lowest BCUT2D eigenvalue weighted by Crippen LogP contribution is -2.19. The van der Waals surface area contributed by atoms with Crippen molar-refractivity contribution in [1.82, 2.24) is 15.0 Å². The number of aromatic carboxylic acids is 1. The third-order valence-electron chi connectivity index (χ3n) is 2.53. The monoisotopic (exact) mass is 367 g/mol. The van der Waals surface area contributed by atoms with E-state index in [9.17, 15) is 22.4 Å². The number of rotatable bonds is 3. The van der Waals surface area contributed by atoms with Gasteiger partial charge in [0.1, 0.15) is 5.82 Å². The summed E-state index contributed by atoms with van der Waals surface area (Å²) in [5.74, 6) is -2.60. The third kappa shape index (κ3) is 3.20. The second-order valence-corrected chi connectivity index (χ2v) is 4.90. The molecule has 21 heavy (non-hydrogen) atoms. The van der Waals surface area contributed by atoms with E-state index in [2.05, 4.69) is 26.2 Å². The average molecular weight is 368 g/mol. The highest BCUT2D eigenvalue weighted by atomic mass is 79.9. The fraction of sp³-hybridized carbons (Fsp3) is 0.182. The Labute approximate surface area is 123 Å². The van der Waals surface area contributed by atoms with Gasteiger partial charge in [-0.15, -0.1) is 5.10 Å². The Morgan fingerprint density at radius 2 is 2.05 bits per heavy atom. The summed E-state index contributed by atoms with van der Waals surface area (Å²) < 4.78 is 53.1. The Morgan fingerprint density at radius 1 is 1.38 bits per heavy atom. The van der Waals surface area contributed by atoms with Crippen LogP contribution in [0.3, 0.4) is 0 Å². The van der Waals surface area contributed by atoms with Crippen molar-refractivity contribution in [1.29, 1.82) is 0 Å². The molecule has 112 valence electrons. The largest absolute Gasteiger partial charge is 0.476 e. The molecule has 0 unspecified atom stereocenters. The highest BCUT2D eigenvalue weighted by Crippen LogP contribution is 2.31. The van der Waals surface area contributed by atoms with Crippen LogP contribution in [-0.2, 0) is 12.7 Å². The molecule has 0 aliphatic heterocycles. The van der Waals surface area contributed by atoms with Gasteiger partial charge in [0.2, 0.25) is 5.69 Å². The molecule has 2 aromatic rings. The molecule has 0 fully saturated rings. The molecule has 0 saturated carbocycles. The highest BCUT2D eigenvalue weighted by Gasteiger charge is 2.41. The first-order valence-corrected chi connectivity index (χ1v) is 6.17. The molecule has 1 heterocycles. The summed E-state index contributed by atoms with van der Waals surface area (Å²) in [5, 5.41) is 14.9. The summed E-state index contributed by atoms with van der Waals surface area (Å²) in [6.45, 7) is -0.597. The van der Waals surface area contributed by atoms with Crippen molar-refractivity contribution in [3.05, 3.63) is 45.4 Å². The van der Waals surface area contributed by atoms with Crippen LogP contribution in [0.4, 0.5) is 17.6 Å². The van der Waals surface area contributed by atoms with E-state index in [0.29, 0.717) is 9.15 Å². The van der Waals surface area contributed by atoms with E-state index < -0.39 is 35.9 Å². The van der Waals surface area contributed by atoms with Crippen LogP contribution in [-0.4, -0.2) is 26.1 Å². The molecule has 0 aliphatic rings. The minimum absolute atomic E-state index is 0.0864. The van der Waals surface area contributed by atoms with Crippen LogP contribution in [0.25, 0.3) is 0 Å². The molecule has 0 amide bonds. The minimum atomic E-state index is -4.97. The second kappa shape index (κ2) is 5.43. The minimum Gasteiger partial charge on any atom is -0.476 e. The van der Waals surface area contributed by atoms with Gasteiger partial charge in [-0.3, -0.25) is 0 Å². The maximum atomic E-state index is 13.6. The van der Waals surface area contributed by atoms with Gasteiger partial charge in [0.05, 0.1) is 6.54 Å². The summed E-state index contributed by atoms with van der Waals surface area (Å²) >= 11 is 3.07. The fourth-order valence-corrected chi connectivity index (χ4v) is 2.08. The molecule has 5 nitrogen and oxygen atoms in total. The van der Waals surface area contributed by atoms with Crippen LogP contribution in [0, 0.1) is 5.82 Å². The van der Waals surface area contributed by atoms with Crippen molar-refractivity contribution in [2.24, 2.45) is 0 Å². The number of hydrogen-bond acceptors (Lipinski definition) is 3. The van der Waals surface area contributed by atoms with E-state index in [1.165, 1.54) is 12.1 Å². The Bertz CT molecular complexity index is 699. The maximum Gasteiger partial charge on any atom is 0.435 e. The standard InChI is InChI=1S/C11H6BrF4N3O2/c12-6-1-2-7(13)5(3-6)4-19-9(11(14,15)16)8(10(20)21)17-18-19/h1-3H,4H2,(H,20,21). The Balaban J connectivity index is 2.50. The molecular weight excluding hydrogens is 362 g/mol. The number of halogens is 5. The number of carboxylic acid groups (broad SMARTS) is 1. The normalized spacial score (nSPS) is 11.7. The maximum absolute atomic E-state index is 13.6. The van der Waals surface area contributed by atoms with E-state index in [0.717, 1.165) is 6.07 Å². The zero-order valence-electron chi connectivity index (χ0n) is 10.0. The molecule has 0 spiro atoms. The molecule has 2 rings (SSSR count). The quantitative estimate of drug-likeness (QED) is 0.846. The zero-order chi connectivity index (χ0) is 15.8. The van der Waals surface area contributed by atoms with Gasteiger partial charge in [-0.05, 0) is 18.2 Å². The number of hydrogen-bond donors (Lipinski definition) is 1. The zero-order valence-corrected chi connectivity index (χ0v) is 11.6. The van der Waals surface area contributed by atoms with Crippen LogP contribution < -0.4 is 0 Å². The first kappa shape index (κ1) is 15.4. The number of carboxylic acids is 1. The SMILES string of the molecule is O=C(O)c1nnn(Cc2cc(Br)ccc2F)c1C(F)(F)F. The van der Waals surface area contributed by atoms with Crippen molar-refractivity contribution in [2.45, 2.75) is 12.7 Å². The first-order valence-electron chi connectivity index (χ1n) is 5.38. The number of nitrogens with zero attached hydrogens (tertiary/aromatic N) is 3. The lowest BCUT2D eigenvalue weighted by Gasteiger charge is -2.10. The van der Waals surface area contributed by atoms with Gasteiger partial charge in [-0.25, -0.2) is 13.9 Å². The van der Waals surface area contributed by atoms with E-state index in [1.807, 2.05) is 0 Å². The summed E-state index contributed by atoms with van der Waals surface area (Å²) in [4.78, 5) is 10.8. The predicted molar refractivity (Wildman–Crippen MR) is 65.2 cm³/mol. The van der Waals surface area contributed by atoms with Crippen molar-refractivity contribution in [3.63, 3.8) is 0 Å². The summed E-state index contributed by atoms with van der Waals surface area (Å²) in [6.07, 6.45) is -4.97. The summed E-state index contributed by atoms with van der Waals surface area (Å²) in [6, 6.07) is 3.73. The number of benzene rings is 1. The van der Waals surface area contributed by atoms with Gasteiger partial charge < -0.3 is 5.11 Å². The topological polar surface area (TPSA) is 68.0 Å². The van der Waals surface area contributed by atoms with Gasteiger partial charge in [-0.1, -0.05) is 21.1 Å². The van der Waals surface area contributed by atoms with Crippen molar-refractivity contribution in [2.75, 3.05) is 0 Å². The van der Waals surface area contributed by atoms with Gasteiger partial charge in [0.25, 0.3) is 0 Å². The first-order chi connectivity index (χ1) is 9.70. The molecular formula is C11H6BrF4N3O2. The molecule has 0 atom stereocenters. The molecule has 1 N–H and O–H groups in total. The van der Waals surface area contributed by atoms with Crippen molar-refractivity contribution in [3.8, 4) is 0 Å². The van der Waals surface area contributed by atoms with Crippen LogP contribution in [0.15, 0.2) is 22.7 Å². The Kier molecular flexibility index (Phi) is 3.99. The van der Waals surface area contributed by atoms with E-state index in [1.54, 1.807) is 0 Å². The molecule has 0 radical (unpaired) electrons. The molecule has 0 saturated heterocycles. The van der Waals surface area contributed by atoms with Crippen LogP contribution in [0.5, 0.6) is 0 Å². The van der Waals surface area contributed by atoms with Crippen molar-refractivity contribution >= 4 is 21.9 Å². The van der Waals surface area contributed by atoms with Gasteiger partial charge in [-0.2, -0.15) is 13.2 Å². The lowest BCUT2D eigenvalue weighted by atomic mass is 10.2. The Hall–Kier alpha value is -1.97. The number of carbonyl (C=O) groups is 1. The smallest absolute Gasteiger partial charge is 0.435 e. The number of alkyl halides is 3. The fourth-order valence-electron chi connectivity index (χ4n) is 1.67. The predicted octanol–water partition coefficient (Wildman–Crippen LogP) is 2.95. The summed E-state index contributed by atoms with van der Waals surface area (Å²) in [5.41, 5.74) is -2.84. The van der Waals surface area contributed by atoms with E-state index in [4.69, 9.17) is 5.11 Å². The van der Waals surface area contributed by atoms with Gasteiger partial charge in [0.15, 0.2) is 5.69 Å².